The summed E-state index contributed by atoms with van der Waals surface area (Å²) in [6.07, 6.45) is 8.25. The summed E-state index contributed by atoms with van der Waals surface area (Å²) in [6.45, 7) is 10.1. The first kappa shape index (κ1) is 18.3. The Balaban J connectivity index is 2.58. The van der Waals surface area contributed by atoms with Crippen LogP contribution in [0.25, 0.3) is 11.1 Å². The van der Waals surface area contributed by atoms with Gasteiger partial charge in [0.1, 0.15) is 0 Å². The molecule has 1 aromatic carbocycles. The molecule has 0 fully saturated rings. The van der Waals surface area contributed by atoms with Gasteiger partial charge in [0.2, 0.25) is 0 Å². The summed E-state index contributed by atoms with van der Waals surface area (Å²) < 4.78 is 11.1. The Bertz CT molecular complexity index is 424. The van der Waals surface area contributed by atoms with Crippen molar-refractivity contribution >= 4 is 11.1 Å². The highest BCUT2D eigenvalue weighted by Crippen LogP contribution is 2.19. The quantitative estimate of drug-likeness (QED) is 0.387. The number of unbranched alkanes of at least 4 members (excludes halogenated alkanes) is 2. The smallest absolute Gasteiger partial charge is 0.0873 e. The molecule has 1 rings (SSSR count). The lowest BCUT2D eigenvalue weighted by molar-refractivity contribution is 0.245. The molecule has 2 nitrogen and oxygen atoms in total. The maximum atomic E-state index is 5.55. The van der Waals surface area contributed by atoms with Gasteiger partial charge in [-0.1, -0.05) is 51.0 Å². The van der Waals surface area contributed by atoms with Crippen molar-refractivity contribution in [2.24, 2.45) is 0 Å². The SMILES string of the molecule is CCCCO/C=C(\C)c1ccc(/C(C)=C/OCCCC)cc1. The Hall–Kier alpha value is -1.70. The number of ether oxygens (including phenoxy) is 2. The molecule has 0 N–H and O–H groups in total. The van der Waals surface area contributed by atoms with E-state index in [-0.39, 0.29) is 0 Å². The number of allylic oxidation sites excluding steroid dienone is 2. The zero-order valence-corrected chi connectivity index (χ0v) is 14.5. The van der Waals surface area contributed by atoms with Crippen LogP contribution in [-0.4, -0.2) is 13.2 Å². The molecule has 0 aromatic heterocycles. The summed E-state index contributed by atoms with van der Waals surface area (Å²) in [7, 11) is 0. The van der Waals surface area contributed by atoms with Gasteiger partial charge in [0, 0.05) is 0 Å². The maximum absolute atomic E-state index is 5.55. The second kappa shape index (κ2) is 10.9. The van der Waals surface area contributed by atoms with Crippen LogP contribution in [0, 0.1) is 0 Å². The van der Waals surface area contributed by atoms with Gasteiger partial charge in [-0.15, -0.1) is 0 Å². The van der Waals surface area contributed by atoms with E-state index >= 15 is 0 Å². The van der Waals surface area contributed by atoms with Gasteiger partial charge in [0.05, 0.1) is 25.7 Å². The van der Waals surface area contributed by atoms with E-state index in [1.54, 1.807) is 0 Å². The van der Waals surface area contributed by atoms with Crippen molar-refractivity contribution in [1.29, 1.82) is 0 Å². The van der Waals surface area contributed by atoms with Crippen molar-refractivity contribution in [2.75, 3.05) is 13.2 Å². The first-order chi connectivity index (χ1) is 10.7. The van der Waals surface area contributed by atoms with Crippen LogP contribution < -0.4 is 0 Å². The van der Waals surface area contributed by atoms with Crippen LogP contribution in [0.3, 0.4) is 0 Å². The van der Waals surface area contributed by atoms with Gasteiger partial charge in [-0.2, -0.15) is 0 Å². The normalized spacial score (nSPS) is 12.4. The lowest BCUT2D eigenvalue weighted by Gasteiger charge is -2.07. The molecule has 0 bridgehead atoms. The topological polar surface area (TPSA) is 18.5 Å². The monoisotopic (exact) mass is 302 g/mol. The van der Waals surface area contributed by atoms with E-state index in [1.807, 2.05) is 12.5 Å². The molecule has 0 saturated carbocycles. The fourth-order valence-corrected chi connectivity index (χ4v) is 1.96. The molecular formula is C20H30O2. The lowest BCUT2D eigenvalue weighted by Crippen LogP contribution is -1.89. The molecule has 0 aliphatic carbocycles. The molecule has 0 atom stereocenters. The van der Waals surface area contributed by atoms with Gasteiger partial charge >= 0.3 is 0 Å². The Morgan fingerprint density at radius 3 is 1.45 bits per heavy atom. The van der Waals surface area contributed by atoms with E-state index in [0.29, 0.717) is 0 Å². The standard InChI is InChI=1S/C20H30O2/c1-5-7-13-21-15-17(3)19-9-11-20(12-10-19)18(4)16-22-14-8-6-2/h9-12,15-16H,5-8,13-14H2,1-4H3/b17-15+,18-16+. The summed E-state index contributed by atoms with van der Waals surface area (Å²) >= 11 is 0. The Kier molecular flexibility index (Phi) is 9.13. The van der Waals surface area contributed by atoms with E-state index in [2.05, 4.69) is 52.0 Å². The fraction of sp³-hybridized carbons (Fsp3) is 0.500. The van der Waals surface area contributed by atoms with Gasteiger partial charge < -0.3 is 9.47 Å². The zero-order valence-electron chi connectivity index (χ0n) is 14.5. The summed E-state index contributed by atoms with van der Waals surface area (Å²) in [5.74, 6) is 0. The predicted octanol–water partition coefficient (Wildman–Crippen LogP) is 6.04. The summed E-state index contributed by atoms with van der Waals surface area (Å²) in [5, 5.41) is 0. The highest BCUT2D eigenvalue weighted by atomic mass is 16.5. The van der Waals surface area contributed by atoms with Gasteiger partial charge in [0.25, 0.3) is 0 Å². The number of benzene rings is 1. The van der Waals surface area contributed by atoms with Crippen LogP contribution in [0.5, 0.6) is 0 Å². The van der Waals surface area contributed by atoms with Crippen LogP contribution >= 0.6 is 0 Å². The number of hydrogen-bond acceptors (Lipinski definition) is 2. The third-order valence-electron chi connectivity index (χ3n) is 3.55. The minimum atomic E-state index is 0.795. The van der Waals surface area contributed by atoms with Crippen LogP contribution in [0.2, 0.25) is 0 Å². The average Bonchev–Trinajstić information content (AvgIpc) is 2.55. The second-order valence-electron chi connectivity index (χ2n) is 5.63. The van der Waals surface area contributed by atoms with E-state index < -0.39 is 0 Å². The third-order valence-corrected chi connectivity index (χ3v) is 3.55. The van der Waals surface area contributed by atoms with Crippen molar-refractivity contribution in [3.63, 3.8) is 0 Å². The first-order valence-electron chi connectivity index (χ1n) is 8.36. The summed E-state index contributed by atoms with van der Waals surface area (Å²) in [4.78, 5) is 0. The molecule has 22 heavy (non-hydrogen) atoms. The molecule has 0 radical (unpaired) electrons. The molecule has 0 aliphatic rings. The molecule has 0 unspecified atom stereocenters. The van der Waals surface area contributed by atoms with E-state index in [9.17, 15) is 0 Å². The minimum Gasteiger partial charge on any atom is -0.501 e. The van der Waals surface area contributed by atoms with Gasteiger partial charge in [-0.25, -0.2) is 0 Å². The van der Waals surface area contributed by atoms with Gasteiger partial charge in [-0.05, 0) is 49.0 Å². The molecule has 0 amide bonds. The van der Waals surface area contributed by atoms with Crippen molar-refractivity contribution in [2.45, 2.75) is 53.4 Å². The highest BCUT2D eigenvalue weighted by Gasteiger charge is 1.99. The third kappa shape index (κ3) is 6.84. The van der Waals surface area contributed by atoms with Crippen LogP contribution in [-0.2, 0) is 9.47 Å². The predicted molar refractivity (Wildman–Crippen MR) is 95.5 cm³/mol. The Morgan fingerprint density at radius 1 is 0.773 bits per heavy atom. The van der Waals surface area contributed by atoms with Crippen LogP contribution in [0.1, 0.15) is 64.5 Å². The molecule has 2 heteroatoms. The van der Waals surface area contributed by atoms with Crippen LogP contribution in [0.15, 0.2) is 36.8 Å². The molecule has 0 saturated heterocycles. The number of hydrogen-bond donors (Lipinski definition) is 0. The molecule has 0 heterocycles. The zero-order chi connectivity index (χ0) is 16.2. The minimum absolute atomic E-state index is 0.795. The largest absolute Gasteiger partial charge is 0.501 e. The molecule has 0 spiro atoms. The van der Waals surface area contributed by atoms with Gasteiger partial charge in [-0.3, -0.25) is 0 Å². The first-order valence-corrected chi connectivity index (χ1v) is 8.36. The van der Waals surface area contributed by atoms with Crippen LogP contribution in [0.4, 0.5) is 0 Å². The lowest BCUT2D eigenvalue weighted by atomic mass is 10.0. The van der Waals surface area contributed by atoms with Crippen molar-refractivity contribution in [3.05, 3.63) is 47.9 Å². The Labute approximate surface area is 135 Å². The second-order valence-corrected chi connectivity index (χ2v) is 5.63. The van der Waals surface area contributed by atoms with E-state index in [0.717, 1.165) is 50.0 Å². The maximum Gasteiger partial charge on any atom is 0.0873 e. The van der Waals surface area contributed by atoms with Crippen molar-refractivity contribution in [3.8, 4) is 0 Å². The van der Waals surface area contributed by atoms with Crippen molar-refractivity contribution < 1.29 is 9.47 Å². The fourth-order valence-electron chi connectivity index (χ4n) is 1.96. The number of rotatable bonds is 10. The average molecular weight is 302 g/mol. The molecule has 122 valence electrons. The van der Waals surface area contributed by atoms with E-state index in [4.69, 9.17) is 9.47 Å². The van der Waals surface area contributed by atoms with Crippen molar-refractivity contribution in [1.82, 2.24) is 0 Å². The highest BCUT2D eigenvalue weighted by molar-refractivity contribution is 5.68. The van der Waals surface area contributed by atoms with E-state index in [1.165, 1.54) is 11.1 Å². The summed E-state index contributed by atoms with van der Waals surface area (Å²) in [5.41, 5.74) is 4.70. The Morgan fingerprint density at radius 2 is 1.14 bits per heavy atom. The molecule has 0 aliphatic heterocycles. The summed E-state index contributed by atoms with van der Waals surface area (Å²) in [6, 6.07) is 8.53. The molecular weight excluding hydrogens is 272 g/mol. The molecule has 1 aromatic rings. The van der Waals surface area contributed by atoms with Gasteiger partial charge in [0.15, 0.2) is 0 Å².